The Morgan fingerprint density at radius 2 is 1.86 bits per heavy atom. The van der Waals surface area contributed by atoms with Gasteiger partial charge in [-0.2, -0.15) is 5.26 Å². The lowest BCUT2D eigenvalue weighted by molar-refractivity contribution is 0.0572. The molecule has 22 heavy (non-hydrogen) atoms. The van der Waals surface area contributed by atoms with E-state index < -0.39 is 17.5 Å². The smallest absolute Gasteiger partial charge is 0.257 e. The first-order valence-corrected chi connectivity index (χ1v) is 7.32. The molecule has 1 fully saturated rings. The maximum atomic E-state index is 13.7. The highest BCUT2D eigenvalue weighted by molar-refractivity contribution is 5.94. The SMILES string of the molecule is CC(C)C(C#N)N1CCN(C(=O)c2cc(F)ccc2F)CC1. The van der Waals surface area contributed by atoms with E-state index in [-0.39, 0.29) is 17.5 Å². The van der Waals surface area contributed by atoms with E-state index in [2.05, 4.69) is 6.07 Å². The predicted molar refractivity (Wildman–Crippen MR) is 78.1 cm³/mol. The molecule has 0 radical (unpaired) electrons. The predicted octanol–water partition coefficient (Wildman–Crippen LogP) is 2.27. The van der Waals surface area contributed by atoms with Crippen molar-refractivity contribution in [2.75, 3.05) is 26.2 Å². The standard InChI is InChI=1S/C16H19F2N3O/c1-11(2)15(10-19)20-5-7-21(8-6-20)16(22)13-9-12(17)3-4-14(13)18/h3-4,9,11,15H,5-8H2,1-2H3. The number of hydrogen-bond acceptors (Lipinski definition) is 3. The molecule has 1 aliphatic heterocycles. The number of piperazine rings is 1. The lowest BCUT2D eigenvalue weighted by Gasteiger charge is -2.38. The molecule has 1 aromatic rings. The van der Waals surface area contributed by atoms with Gasteiger partial charge in [0.15, 0.2) is 0 Å². The Kier molecular flexibility index (Phi) is 5.09. The van der Waals surface area contributed by atoms with Crippen LogP contribution in [0.5, 0.6) is 0 Å². The number of benzene rings is 1. The van der Waals surface area contributed by atoms with Crippen LogP contribution in [0.15, 0.2) is 18.2 Å². The fourth-order valence-corrected chi connectivity index (χ4v) is 2.69. The molecule has 1 atom stereocenters. The van der Waals surface area contributed by atoms with Crippen molar-refractivity contribution < 1.29 is 13.6 Å². The molecule has 0 aromatic heterocycles. The summed E-state index contributed by atoms with van der Waals surface area (Å²) in [7, 11) is 0. The van der Waals surface area contributed by atoms with Crippen molar-refractivity contribution in [2.24, 2.45) is 5.92 Å². The van der Waals surface area contributed by atoms with Crippen LogP contribution in [0.4, 0.5) is 8.78 Å². The van der Waals surface area contributed by atoms with Gasteiger partial charge in [-0.1, -0.05) is 13.8 Å². The fraction of sp³-hybridized carbons (Fsp3) is 0.500. The molecular formula is C16H19F2N3O. The average molecular weight is 307 g/mol. The van der Waals surface area contributed by atoms with E-state index in [0.29, 0.717) is 26.2 Å². The highest BCUT2D eigenvalue weighted by Gasteiger charge is 2.29. The second-order valence-corrected chi connectivity index (χ2v) is 5.77. The van der Waals surface area contributed by atoms with E-state index in [1.807, 2.05) is 18.7 Å². The van der Waals surface area contributed by atoms with Crippen molar-refractivity contribution in [1.29, 1.82) is 5.26 Å². The average Bonchev–Trinajstić information content (AvgIpc) is 2.50. The number of hydrogen-bond donors (Lipinski definition) is 0. The van der Waals surface area contributed by atoms with Gasteiger partial charge in [0.25, 0.3) is 5.91 Å². The molecule has 0 aliphatic carbocycles. The normalized spacial score (nSPS) is 17.4. The molecule has 1 aromatic carbocycles. The van der Waals surface area contributed by atoms with Crippen LogP contribution in [0.3, 0.4) is 0 Å². The molecule has 1 unspecified atom stereocenters. The summed E-state index contributed by atoms with van der Waals surface area (Å²) in [4.78, 5) is 15.8. The number of amides is 1. The lowest BCUT2D eigenvalue weighted by atomic mass is 10.0. The first kappa shape index (κ1) is 16.4. The molecule has 0 N–H and O–H groups in total. The topological polar surface area (TPSA) is 47.3 Å². The van der Waals surface area contributed by atoms with Crippen molar-refractivity contribution in [3.63, 3.8) is 0 Å². The molecule has 1 aliphatic rings. The molecule has 0 spiro atoms. The Bertz CT molecular complexity index is 590. The Labute approximate surface area is 128 Å². The van der Waals surface area contributed by atoms with Crippen molar-refractivity contribution >= 4 is 5.91 Å². The zero-order chi connectivity index (χ0) is 16.3. The molecule has 1 heterocycles. The highest BCUT2D eigenvalue weighted by Crippen LogP contribution is 2.17. The minimum Gasteiger partial charge on any atom is -0.336 e. The monoisotopic (exact) mass is 307 g/mol. The first-order chi connectivity index (χ1) is 10.4. The van der Waals surface area contributed by atoms with Crippen LogP contribution in [0.25, 0.3) is 0 Å². The Morgan fingerprint density at radius 3 is 2.41 bits per heavy atom. The van der Waals surface area contributed by atoms with Gasteiger partial charge in [-0.25, -0.2) is 8.78 Å². The van der Waals surface area contributed by atoms with E-state index in [1.54, 1.807) is 0 Å². The zero-order valence-electron chi connectivity index (χ0n) is 12.7. The quantitative estimate of drug-likeness (QED) is 0.860. The zero-order valence-corrected chi connectivity index (χ0v) is 12.7. The second-order valence-electron chi connectivity index (χ2n) is 5.77. The number of rotatable bonds is 3. The van der Waals surface area contributed by atoms with Crippen LogP contribution in [-0.4, -0.2) is 47.9 Å². The van der Waals surface area contributed by atoms with Crippen LogP contribution >= 0.6 is 0 Å². The summed E-state index contributed by atoms with van der Waals surface area (Å²) in [6.45, 7) is 5.87. The molecule has 6 heteroatoms. The molecule has 2 rings (SSSR count). The van der Waals surface area contributed by atoms with Gasteiger partial charge in [-0.15, -0.1) is 0 Å². The number of nitrogens with zero attached hydrogens (tertiary/aromatic N) is 3. The summed E-state index contributed by atoms with van der Waals surface area (Å²) >= 11 is 0. The van der Waals surface area contributed by atoms with Crippen LogP contribution in [0, 0.1) is 28.9 Å². The number of carbonyl (C=O) groups excluding carboxylic acids is 1. The highest BCUT2D eigenvalue weighted by atomic mass is 19.1. The second kappa shape index (κ2) is 6.84. The number of halogens is 2. The Balaban J connectivity index is 2.04. The van der Waals surface area contributed by atoms with E-state index in [9.17, 15) is 18.8 Å². The molecule has 0 saturated carbocycles. The van der Waals surface area contributed by atoms with Gasteiger partial charge in [0.05, 0.1) is 11.6 Å². The molecule has 4 nitrogen and oxygen atoms in total. The molecule has 1 saturated heterocycles. The third kappa shape index (κ3) is 3.42. The van der Waals surface area contributed by atoms with Gasteiger partial charge < -0.3 is 4.90 Å². The number of nitriles is 1. The minimum absolute atomic E-state index is 0.192. The van der Waals surface area contributed by atoms with Gasteiger partial charge in [-0.05, 0) is 24.1 Å². The summed E-state index contributed by atoms with van der Waals surface area (Å²) in [5.74, 6) is -1.65. The Hall–Kier alpha value is -2.00. The minimum atomic E-state index is -0.717. The lowest BCUT2D eigenvalue weighted by Crippen LogP contribution is -2.53. The van der Waals surface area contributed by atoms with Crippen LogP contribution < -0.4 is 0 Å². The third-order valence-electron chi connectivity index (χ3n) is 3.92. The molecule has 1 amide bonds. The largest absolute Gasteiger partial charge is 0.336 e. The maximum absolute atomic E-state index is 13.7. The summed E-state index contributed by atoms with van der Waals surface area (Å²) in [5, 5.41) is 9.21. The molecule has 118 valence electrons. The summed E-state index contributed by atoms with van der Waals surface area (Å²) in [6.07, 6.45) is 0. The van der Waals surface area contributed by atoms with E-state index in [0.717, 1.165) is 18.2 Å². The van der Waals surface area contributed by atoms with Crippen molar-refractivity contribution in [3.8, 4) is 6.07 Å². The fourth-order valence-electron chi connectivity index (χ4n) is 2.69. The summed E-state index contributed by atoms with van der Waals surface area (Å²) in [6, 6.07) is 4.96. The van der Waals surface area contributed by atoms with Crippen molar-refractivity contribution in [3.05, 3.63) is 35.4 Å². The maximum Gasteiger partial charge on any atom is 0.257 e. The summed E-state index contributed by atoms with van der Waals surface area (Å²) < 4.78 is 26.9. The Morgan fingerprint density at radius 1 is 1.23 bits per heavy atom. The van der Waals surface area contributed by atoms with E-state index in [4.69, 9.17) is 0 Å². The van der Waals surface area contributed by atoms with E-state index in [1.165, 1.54) is 4.90 Å². The van der Waals surface area contributed by atoms with Crippen LogP contribution in [-0.2, 0) is 0 Å². The van der Waals surface area contributed by atoms with Gasteiger partial charge in [0.1, 0.15) is 17.7 Å². The van der Waals surface area contributed by atoms with Gasteiger partial charge in [0, 0.05) is 26.2 Å². The first-order valence-electron chi connectivity index (χ1n) is 7.32. The van der Waals surface area contributed by atoms with Gasteiger partial charge in [0.2, 0.25) is 0 Å². The van der Waals surface area contributed by atoms with Crippen LogP contribution in [0.1, 0.15) is 24.2 Å². The van der Waals surface area contributed by atoms with Crippen LogP contribution in [0.2, 0.25) is 0 Å². The third-order valence-corrected chi connectivity index (χ3v) is 3.92. The van der Waals surface area contributed by atoms with E-state index >= 15 is 0 Å². The van der Waals surface area contributed by atoms with Crippen molar-refractivity contribution in [2.45, 2.75) is 19.9 Å². The van der Waals surface area contributed by atoms with Gasteiger partial charge >= 0.3 is 0 Å². The molecular weight excluding hydrogens is 288 g/mol. The number of carbonyl (C=O) groups is 1. The molecule has 0 bridgehead atoms. The van der Waals surface area contributed by atoms with Crippen molar-refractivity contribution in [1.82, 2.24) is 9.80 Å². The van der Waals surface area contributed by atoms with Gasteiger partial charge in [-0.3, -0.25) is 9.69 Å². The summed E-state index contributed by atoms with van der Waals surface area (Å²) in [5.41, 5.74) is -0.242.